The fourth-order valence-corrected chi connectivity index (χ4v) is 2.69. The molecule has 2 aromatic rings. The summed E-state index contributed by atoms with van der Waals surface area (Å²) in [5.74, 6) is 1.60. The molecule has 2 heterocycles. The summed E-state index contributed by atoms with van der Waals surface area (Å²) in [6, 6.07) is 3.54. The molecule has 194 valence electrons. The van der Waals surface area contributed by atoms with Crippen molar-refractivity contribution < 1.29 is 23.7 Å². The summed E-state index contributed by atoms with van der Waals surface area (Å²) in [6.07, 6.45) is -0.498. The number of aromatic nitrogens is 2. The van der Waals surface area contributed by atoms with Gasteiger partial charge in [0.25, 0.3) is 5.56 Å². The predicted octanol–water partition coefficient (Wildman–Crippen LogP) is 3.43. The number of aryl methyl sites for hydroxylation is 2. The van der Waals surface area contributed by atoms with Crippen molar-refractivity contribution in [3.63, 3.8) is 0 Å². The van der Waals surface area contributed by atoms with Crippen molar-refractivity contribution in [2.24, 2.45) is 5.73 Å². The number of halogens is 2. The molecule has 0 aliphatic rings. The van der Waals surface area contributed by atoms with Gasteiger partial charge in [-0.3, -0.25) is 4.79 Å². The standard InChI is InChI=1S/C14H22N2O4.C8H12N2O2.2ClH/c1-9-7-11(18-5)10(12(16-9)19-6)8-15-13(17)20-14(2,3)4;1-5-3-7(12-2)6(4-9)8(11)10-5;;/h7H,8H2,1-6H3,(H,15,17);3H,4,9H2,1-2H3,(H,10,11);2*1H. The molecule has 0 atom stereocenters. The molecule has 0 unspecified atom stereocenters. The van der Waals surface area contributed by atoms with E-state index >= 15 is 0 Å². The van der Waals surface area contributed by atoms with Crippen LogP contribution >= 0.6 is 24.8 Å². The summed E-state index contributed by atoms with van der Waals surface area (Å²) in [4.78, 5) is 29.8. The number of H-pyrrole nitrogens is 1. The number of hydrogen-bond donors (Lipinski definition) is 3. The first-order valence-electron chi connectivity index (χ1n) is 9.97. The van der Waals surface area contributed by atoms with Crippen molar-refractivity contribution >= 4 is 30.9 Å². The highest BCUT2D eigenvalue weighted by Crippen LogP contribution is 2.27. The van der Waals surface area contributed by atoms with Crippen LogP contribution in [-0.4, -0.2) is 43.0 Å². The maximum atomic E-state index is 11.7. The Morgan fingerprint density at radius 2 is 1.59 bits per heavy atom. The average molecular weight is 523 g/mol. The molecule has 0 aromatic carbocycles. The van der Waals surface area contributed by atoms with E-state index in [1.807, 2.05) is 6.92 Å². The van der Waals surface area contributed by atoms with Gasteiger partial charge in [-0.1, -0.05) is 0 Å². The molecule has 0 saturated heterocycles. The lowest BCUT2D eigenvalue weighted by Crippen LogP contribution is -2.32. The van der Waals surface area contributed by atoms with Crippen molar-refractivity contribution in [2.75, 3.05) is 21.3 Å². The van der Waals surface area contributed by atoms with E-state index in [1.165, 1.54) is 14.2 Å². The molecular formula is C22H36Cl2N4O6. The second kappa shape index (κ2) is 15.3. The predicted molar refractivity (Wildman–Crippen MR) is 136 cm³/mol. The molecule has 1 amide bonds. The minimum atomic E-state index is -0.538. The molecule has 0 saturated carbocycles. The molecule has 0 aliphatic carbocycles. The summed E-state index contributed by atoms with van der Waals surface area (Å²) in [7, 11) is 4.61. The van der Waals surface area contributed by atoms with Crippen LogP contribution in [0, 0.1) is 13.8 Å². The average Bonchev–Trinajstić information content (AvgIpc) is 2.70. The lowest BCUT2D eigenvalue weighted by atomic mass is 10.2. The fourth-order valence-electron chi connectivity index (χ4n) is 2.69. The zero-order valence-electron chi connectivity index (χ0n) is 20.9. The highest BCUT2D eigenvalue weighted by atomic mass is 35.5. The second-order valence-electron chi connectivity index (χ2n) is 7.84. The number of rotatable bonds is 6. The third kappa shape index (κ3) is 10.5. The van der Waals surface area contributed by atoms with Crippen molar-refractivity contribution in [3.8, 4) is 17.4 Å². The highest BCUT2D eigenvalue weighted by Gasteiger charge is 2.18. The first kappa shape index (κ1) is 33.5. The number of aromatic amines is 1. The fraction of sp³-hybridized carbons (Fsp3) is 0.500. The van der Waals surface area contributed by atoms with Gasteiger partial charge in [-0.05, 0) is 40.7 Å². The van der Waals surface area contributed by atoms with Gasteiger partial charge in [0.15, 0.2) is 0 Å². The molecule has 34 heavy (non-hydrogen) atoms. The first-order valence-corrected chi connectivity index (χ1v) is 9.97. The zero-order valence-corrected chi connectivity index (χ0v) is 22.5. The van der Waals surface area contributed by atoms with Crippen molar-refractivity contribution in [2.45, 2.75) is 53.3 Å². The van der Waals surface area contributed by atoms with Gasteiger partial charge >= 0.3 is 6.09 Å². The second-order valence-corrected chi connectivity index (χ2v) is 7.84. The Balaban J connectivity index is 0. The number of methoxy groups -OCH3 is 3. The Hall–Kier alpha value is -2.69. The largest absolute Gasteiger partial charge is 0.496 e. The van der Waals surface area contributed by atoms with Crippen LogP contribution in [0.5, 0.6) is 17.4 Å². The van der Waals surface area contributed by atoms with Crippen LogP contribution < -0.4 is 30.8 Å². The number of nitrogens with two attached hydrogens (primary N) is 1. The summed E-state index contributed by atoms with van der Waals surface area (Å²) in [5.41, 5.74) is 7.38. The summed E-state index contributed by atoms with van der Waals surface area (Å²) >= 11 is 0. The van der Waals surface area contributed by atoms with E-state index in [2.05, 4.69) is 15.3 Å². The molecule has 2 rings (SSSR count). The Morgan fingerprint density at radius 1 is 1.03 bits per heavy atom. The number of nitrogens with zero attached hydrogens (tertiary/aromatic N) is 1. The number of nitrogens with one attached hydrogen (secondary N) is 2. The SMILES string of the molecule is COc1cc(C)[nH]c(=O)c1CN.COc1cc(C)nc(OC)c1CNC(=O)OC(C)(C)C.Cl.Cl. The summed E-state index contributed by atoms with van der Waals surface area (Å²) in [5, 5.41) is 2.66. The van der Waals surface area contributed by atoms with E-state index in [0.29, 0.717) is 28.5 Å². The molecule has 0 aliphatic heterocycles. The van der Waals surface area contributed by atoms with Gasteiger partial charge in [-0.2, -0.15) is 0 Å². The van der Waals surface area contributed by atoms with Crippen LogP contribution in [0.2, 0.25) is 0 Å². The van der Waals surface area contributed by atoms with E-state index < -0.39 is 11.7 Å². The molecule has 0 radical (unpaired) electrons. The Labute approximate surface area is 212 Å². The smallest absolute Gasteiger partial charge is 0.407 e. The van der Waals surface area contributed by atoms with Crippen LogP contribution in [-0.2, 0) is 17.8 Å². The van der Waals surface area contributed by atoms with Gasteiger partial charge in [-0.15, -0.1) is 24.8 Å². The van der Waals surface area contributed by atoms with Crippen molar-refractivity contribution in [1.82, 2.24) is 15.3 Å². The maximum Gasteiger partial charge on any atom is 0.407 e. The van der Waals surface area contributed by atoms with E-state index in [9.17, 15) is 9.59 Å². The van der Waals surface area contributed by atoms with Crippen molar-refractivity contribution in [1.29, 1.82) is 0 Å². The highest BCUT2D eigenvalue weighted by molar-refractivity contribution is 5.85. The number of carbonyl (C=O) groups excluding carboxylic acids is 1. The van der Waals surface area contributed by atoms with Crippen LogP contribution in [0.15, 0.2) is 16.9 Å². The van der Waals surface area contributed by atoms with Gasteiger partial charge in [0.2, 0.25) is 5.88 Å². The quantitative estimate of drug-likeness (QED) is 0.524. The van der Waals surface area contributed by atoms with Gasteiger partial charge < -0.3 is 35.0 Å². The number of ether oxygens (including phenoxy) is 4. The Bertz CT molecular complexity index is 952. The number of alkyl carbamates (subject to hydrolysis) is 1. The van der Waals surface area contributed by atoms with Gasteiger partial charge in [-0.25, -0.2) is 9.78 Å². The summed E-state index contributed by atoms with van der Waals surface area (Å²) in [6.45, 7) is 9.47. The third-order valence-corrected chi connectivity index (χ3v) is 4.05. The third-order valence-electron chi connectivity index (χ3n) is 4.05. The molecular weight excluding hydrogens is 487 g/mol. The number of hydrogen-bond acceptors (Lipinski definition) is 8. The number of carbonyl (C=O) groups is 1. The van der Waals surface area contributed by atoms with Gasteiger partial charge in [0.05, 0.1) is 39.0 Å². The number of pyridine rings is 2. The van der Waals surface area contributed by atoms with Crippen LogP contribution in [0.25, 0.3) is 0 Å². The van der Waals surface area contributed by atoms with Crippen molar-refractivity contribution in [3.05, 3.63) is 45.0 Å². The molecule has 12 heteroatoms. The minimum Gasteiger partial charge on any atom is -0.496 e. The zero-order chi connectivity index (χ0) is 24.5. The van der Waals surface area contributed by atoms with E-state index in [4.69, 9.17) is 24.7 Å². The number of amides is 1. The normalized spacial score (nSPS) is 9.91. The topological polar surface area (TPSA) is 138 Å². The molecule has 0 bridgehead atoms. The first-order chi connectivity index (χ1) is 14.9. The minimum absolute atomic E-state index is 0. The maximum absolute atomic E-state index is 11.7. The van der Waals surface area contributed by atoms with Gasteiger partial charge in [0.1, 0.15) is 17.1 Å². The van der Waals surface area contributed by atoms with E-state index in [0.717, 1.165) is 11.4 Å². The molecule has 4 N–H and O–H groups in total. The van der Waals surface area contributed by atoms with E-state index in [-0.39, 0.29) is 43.5 Å². The Kier molecular flexibility index (Phi) is 15.0. The molecule has 2 aromatic heterocycles. The van der Waals surface area contributed by atoms with Crippen LogP contribution in [0.4, 0.5) is 4.79 Å². The van der Waals surface area contributed by atoms with Gasteiger partial charge in [0, 0.05) is 24.0 Å². The monoisotopic (exact) mass is 522 g/mol. The summed E-state index contributed by atoms with van der Waals surface area (Å²) < 4.78 is 20.7. The lowest BCUT2D eigenvalue weighted by Gasteiger charge is -2.20. The van der Waals surface area contributed by atoms with Crippen LogP contribution in [0.1, 0.15) is 43.3 Å². The lowest BCUT2D eigenvalue weighted by molar-refractivity contribution is 0.0523. The van der Waals surface area contributed by atoms with Crippen LogP contribution in [0.3, 0.4) is 0 Å². The Morgan fingerprint density at radius 3 is 2.06 bits per heavy atom. The molecule has 10 nitrogen and oxygen atoms in total. The molecule has 0 spiro atoms. The van der Waals surface area contributed by atoms with E-state index in [1.54, 1.807) is 46.9 Å². The molecule has 0 fully saturated rings.